The largest absolute Gasteiger partial charge is 0.378 e. The molecular formula is C24H28N4O. The minimum Gasteiger partial charge on any atom is -0.378 e. The van der Waals surface area contributed by atoms with Crippen LogP contribution in [0, 0.1) is 0 Å². The van der Waals surface area contributed by atoms with E-state index in [1.54, 1.807) is 0 Å². The van der Waals surface area contributed by atoms with Crippen LogP contribution in [-0.4, -0.2) is 36.1 Å². The van der Waals surface area contributed by atoms with Gasteiger partial charge in [0.2, 0.25) is 0 Å². The third-order valence-electron chi connectivity index (χ3n) is 5.48. The monoisotopic (exact) mass is 388 g/mol. The number of fused-ring (bicyclic) bond motifs is 3. The molecule has 2 heterocycles. The second-order valence-corrected chi connectivity index (χ2v) is 7.68. The second-order valence-electron chi connectivity index (χ2n) is 7.68. The molecule has 1 N–H and O–H groups in total. The van der Waals surface area contributed by atoms with Crippen molar-refractivity contribution in [1.82, 2.24) is 14.8 Å². The number of aromatic nitrogens is 1. The molecular weight excluding hydrogens is 360 g/mol. The van der Waals surface area contributed by atoms with Gasteiger partial charge in [-0.25, -0.2) is 4.79 Å². The van der Waals surface area contributed by atoms with Crippen LogP contribution in [0.5, 0.6) is 0 Å². The summed E-state index contributed by atoms with van der Waals surface area (Å²) in [6.07, 6.45) is 3.00. The zero-order chi connectivity index (χ0) is 20.4. The molecule has 0 radical (unpaired) electrons. The maximum Gasteiger partial charge on any atom is 0.318 e. The van der Waals surface area contributed by atoms with Crippen molar-refractivity contribution in [3.8, 4) is 5.69 Å². The molecule has 5 nitrogen and oxygen atoms in total. The summed E-state index contributed by atoms with van der Waals surface area (Å²) >= 11 is 0. The number of nitrogens with zero attached hydrogens (tertiary/aromatic N) is 3. The van der Waals surface area contributed by atoms with Crippen LogP contribution < -0.4 is 10.2 Å². The minimum atomic E-state index is -0.162. The van der Waals surface area contributed by atoms with Crippen molar-refractivity contribution in [3.05, 3.63) is 83.7 Å². The summed E-state index contributed by atoms with van der Waals surface area (Å²) in [5, 5.41) is 3.08. The Morgan fingerprint density at radius 1 is 1.07 bits per heavy atom. The van der Waals surface area contributed by atoms with E-state index in [9.17, 15) is 4.79 Å². The predicted octanol–water partition coefficient (Wildman–Crippen LogP) is 4.57. The Hall–Kier alpha value is -3.21. The third kappa shape index (κ3) is 3.60. The highest BCUT2D eigenvalue weighted by Gasteiger charge is 2.32. The molecule has 0 saturated heterocycles. The fourth-order valence-electron chi connectivity index (χ4n) is 3.98. The molecule has 1 aliphatic rings. The highest BCUT2D eigenvalue weighted by Crippen LogP contribution is 2.37. The van der Waals surface area contributed by atoms with Gasteiger partial charge in [-0.1, -0.05) is 37.3 Å². The van der Waals surface area contributed by atoms with Crippen molar-refractivity contribution < 1.29 is 4.79 Å². The van der Waals surface area contributed by atoms with Crippen LogP contribution in [0.4, 0.5) is 10.5 Å². The predicted molar refractivity (Wildman–Crippen MR) is 118 cm³/mol. The van der Waals surface area contributed by atoms with Crippen LogP contribution in [0.3, 0.4) is 0 Å². The number of benzene rings is 2. The molecule has 0 spiro atoms. The van der Waals surface area contributed by atoms with Crippen LogP contribution in [0.25, 0.3) is 5.69 Å². The molecule has 1 aliphatic heterocycles. The molecule has 0 bridgehead atoms. The first-order valence-electron chi connectivity index (χ1n) is 10.2. The Labute approximate surface area is 172 Å². The summed E-state index contributed by atoms with van der Waals surface area (Å²) in [6, 6.07) is 20.8. The number of hydrogen-bond donors (Lipinski definition) is 1. The summed E-state index contributed by atoms with van der Waals surface area (Å²) in [5.41, 5.74) is 5.62. The number of hydrogen-bond acceptors (Lipinski definition) is 2. The van der Waals surface area contributed by atoms with E-state index in [-0.39, 0.29) is 12.1 Å². The lowest BCUT2D eigenvalue weighted by atomic mass is 10.0. The van der Waals surface area contributed by atoms with Crippen LogP contribution >= 0.6 is 0 Å². The van der Waals surface area contributed by atoms with E-state index in [2.05, 4.69) is 82.5 Å². The first-order chi connectivity index (χ1) is 14.1. The zero-order valence-electron chi connectivity index (χ0n) is 17.3. The Morgan fingerprint density at radius 2 is 1.83 bits per heavy atom. The Balaban J connectivity index is 1.84. The summed E-state index contributed by atoms with van der Waals surface area (Å²) in [7, 11) is 4.07. The maximum absolute atomic E-state index is 13.2. The van der Waals surface area contributed by atoms with Crippen molar-refractivity contribution in [2.45, 2.75) is 25.9 Å². The summed E-state index contributed by atoms with van der Waals surface area (Å²) in [5.74, 6) is 0. The smallest absolute Gasteiger partial charge is 0.318 e. The van der Waals surface area contributed by atoms with Gasteiger partial charge in [-0.3, -0.25) is 0 Å². The highest BCUT2D eigenvalue weighted by atomic mass is 16.2. The molecule has 150 valence electrons. The van der Waals surface area contributed by atoms with Gasteiger partial charge >= 0.3 is 6.03 Å². The molecule has 0 saturated carbocycles. The Morgan fingerprint density at radius 3 is 2.55 bits per heavy atom. The number of para-hydroxylation sites is 1. The van der Waals surface area contributed by atoms with Crippen LogP contribution in [0.1, 0.15) is 36.2 Å². The van der Waals surface area contributed by atoms with Gasteiger partial charge < -0.3 is 19.7 Å². The standard InChI is InChI=1S/C24H28N4O/c1-4-15-25-24(29)28-17-19-8-5-6-9-21(19)27-16-7-10-22(27)23(28)18-11-13-20(14-12-18)26(2)3/h5-14,16,23H,4,15,17H2,1-3H3,(H,25,29). The Kier molecular flexibility index (Phi) is 5.30. The minimum absolute atomic E-state index is 0.0296. The Bertz CT molecular complexity index is 990. The van der Waals surface area contributed by atoms with E-state index < -0.39 is 0 Å². The van der Waals surface area contributed by atoms with Gasteiger partial charge in [0.1, 0.15) is 0 Å². The van der Waals surface area contributed by atoms with Gasteiger partial charge in [-0.05, 0) is 47.9 Å². The molecule has 1 atom stereocenters. The fourth-order valence-corrected chi connectivity index (χ4v) is 3.98. The molecule has 0 fully saturated rings. The summed E-state index contributed by atoms with van der Waals surface area (Å²) in [6.45, 7) is 3.30. The van der Waals surface area contributed by atoms with Crippen molar-refractivity contribution >= 4 is 11.7 Å². The van der Waals surface area contributed by atoms with Crippen molar-refractivity contribution in [1.29, 1.82) is 0 Å². The van der Waals surface area contributed by atoms with Gasteiger partial charge in [0.15, 0.2) is 0 Å². The van der Waals surface area contributed by atoms with Crippen LogP contribution in [0.2, 0.25) is 0 Å². The normalized spacial score (nSPS) is 15.3. The maximum atomic E-state index is 13.2. The number of nitrogens with one attached hydrogen (secondary N) is 1. The van der Waals surface area contributed by atoms with Gasteiger partial charge in [-0.15, -0.1) is 0 Å². The van der Waals surface area contributed by atoms with Crippen LogP contribution in [-0.2, 0) is 6.54 Å². The van der Waals surface area contributed by atoms with E-state index in [1.807, 2.05) is 25.1 Å². The summed E-state index contributed by atoms with van der Waals surface area (Å²) in [4.78, 5) is 17.2. The van der Waals surface area contributed by atoms with Crippen LogP contribution in [0.15, 0.2) is 66.9 Å². The lowest BCUT2D eigenvalue weighted by molar-refractivity contribution is 0.180. The van der Waals surface area contributed by atoms with Crippen molar-refractivity contribution in [3.63, 3.8) is 0 Å². The quantitative estimate of drug-likeness (QED) is 0.711. The number of carbonyl (C=O) groups is 1. The highest BCUT2D eigenvalue weighted by molar-refractivity contribution is 5.76. The molecule has 2 amide bonds. The SMILES string of the molecule is CCCNC(=O)N1Cc2ccccc2-n2cccc2C1c1ccc(N(C)C)cc1. The van der Waals surface area contributed by atoms with Gasteiger partial charge in [0, 0.05) is 38.2 Å². The van der Waals surface area contributed by atoms with Crippen molar-refractivity contribution in [2.24, 2.45) is 0 Å². The molecule has 3 aromatic rings. The molecule has 5 heteroatoms. The van der Waals surface area contributed by atoms with Gasteiger partial charge in [0.05, 0.1) is 18.3 Å². The molecule has 1 aromatic heterocycles. The average molecular weight is 389 g/mol. The first-order valence-corrected chi connectivity index (χ1v) is 10.2. The van der Waals surface area contributed by atoms with E-state index in [1.165, 1.54) is 0 Å². The molecule has 1 unspecified atom stereocenters. The van der Waals surface area contributed by atoms with E-state index >= 15 is 0 Å². The fraction of sp³-hybridized carbons (Fsp3) is 0.292. The zero-order valence-corrected chi connectivity index (χ0v) is 17.3. The second kappa shape index (κ2) is 8.03. The average Bonchev–Trinajstić information content (AvgIpc) is 3.16. The van der Waals surface area contributed by atoms with E-state index in [4.69, 9.17) is 0 Å². The topological polar surface area (TPSA) is 40.5 Å². The lowest BCUT2D eigenvalue weighted by Crippen LogP contribution is -2.42. The lowest BCUT2D eigenvalue weighted by Gasteiger charge is -2.31. The third-order valence-corrected chi connectivity index (χ3v) is 5.48. The van der Waals surface area contributed by atoms with Crippen molar-refractivity contribution in [2.75, 3.05) is 25.5 Å². The number of anilines is 1. The van der Waals surface area contributed by atoms with E-state index in [0.717, 1.165) is 34.6 Å². The number of rotatable bonds is 4. The molecule has 2 aromatic carbocycles. The number of carbonyl (C=O) groups excluding carboxylic acids is 1. The number of urea groups is 1. The van der Waals surface area contributed by atoms with Gasteiger partial charge in [-0.2, -0.15) is 0 Å². The van der Waals surface area contributed by atoms with Gasteiger partial charge in [0.25, 0.3) is 0 Å². The molecule has 29 heavy (non-hydrogen) atoms. The molecule has 0 aliphatic carbocycles. The number of amides is 2. The van der Waals surface area contributed by atoms with E-state index in [0.29, 0.717) is 13.1 Å². The summed E-state index contributed by atoms with van der Waals surface area (Å²) < 4.78 is 2.22. The molecule has 4 rings (SSSR count). The first kappa shape index (κ1) is 19.1.